The first kappa shape index (κ1) is 28.3. The van der Waals surface area contributed by atoms with Crippen molar-refractivity contribution in [1.29, 1.82) is 5.41 Å². The van der Waals surface area contributed by atoms with Crippen LogP contribution in [0.5, 0.6) is 0 Å². The summed E-state index contributed by atoms with van der Waals surface area (Å²) in [6.07, 6.45) is 3.14. The Balaban J connectivity index is 0.00000182. The normalized spacial score (nSPS) is 13.5. The number of hydrazine groups is 1. The van der Waals surface area contributed by atoms with Gasteiger partial charge >= 0.3 is 0 Å². The number of fused-ring (bicyclic) bond motifs is 1. The minimum absolute atomic E-state index is 0.0954. The monoisotopic (exact) mass is 476 g/mol. The molecular weight excluding hydrogens is 440 g/mol. The Kier molecular flexibility index (Phi) is 12.6. The highest BCUT2D eigenvalue weighted by Crippen LogP contribution is 2.30. The van der Waals surface area contributed by atoms with Crippen molar-refractivity contribution in [1.82, 2.24) is 26.7 Å². The predicted molar refractivity (Wildman–Crippen MR) is 130 cm³/mol. The standard InChI is InChI=1S/C20H32N8O3.CH4N2/c1-23-10-4-5-11-24-18(31)20(12-14-6-2-3-7-15(14)13-20)26-17(30)9-8-16(29)25-19(27-21)28-22;2-1-3/h2-3,6-7,23H,4-5,8-13,21-22H2,1H3,(H,24,31)(H,26,30)(H2,25,27,28,29);1H,(H3,2,3). The van der Waals surface area contributed by atoms with E-state index in [2.05, 4.69) is 37.5 Å². The Morgan fingerprint density at radius 1 is 1.09 bits per heavy atom. The van der Waals surface area contributed by atoms with Crippen LogP contribution in [0.3, 0.4) is 0 Å². The molecule has 0 bridgehead atoms. The van der Waals surface area contributed by atoms with Crippen LogP contribution in [-0.2, 0) is 27.2 Å². The maximum atomic E-state index is 13.1. The fourth-order valence-corrected chi connectivity index (χ4v) is 3.58. The van der Waals surface area contributed by atoms with Gasteiger partial charge in [0.15, 0.2) is 0 Å². The first-order valence-corrected chi connectivity index (χ1v) is 10.9. The minimum atomic E-state index is -1.07. The number of benzene rings is 1. The number of unbranched alkanes of at least 4 members (excludes halogenated alkanes) is 1. The Hall–Kier alpha value is -3.71. The summed E-state index contributed by atoms with van der Waals surface area (Å²) in [7, 11) is 1.88. The molecule has 0 aliphatic heterocycles. The van der Waals surface area contributed by atoms with Gasteiger partial charge in [0.05, 0.1) is 6.34 Å². The molecule has 34 heavy (non-hydrogen) atoms. The Labute approximate surface area is 199 Å². The van der Waals surface area contributed by atoms with Crippen LogP contribution in [0.25, 0.3) is 0 Å². The zero-order valence-corrected chi connectivity index (χ0v) is 19.4. The van der Waals surface area contributed by atoms with Crippen molar-refractivity contribution >= 4 is 30.0 Å². The van der Waals surface area contributed by atoms with Gasteiger partial charge < -0.3 is 27.5 Å². The second-order valence-corrected chi connectivity index (χ2v) is 7.66. The fourth-order valence-electron chi connectivity index (χ4n) is 3.58. The van der Waals surface area contributed by atoms with E-state index in [9.17, 15) is 14.4 Å². The molecule has 0 spiro atoms. The van der Waals surface area contributed by atoms with E-state index in [-0.39, 0.29) is 30.6 Å². The van der Waals surface area contributed by atoms with E-state index in [4.69, 9.17) is 17.1 Å². The summed E-state index contributed by atoms with van der Waals surface area (Å²) in [6.45, 7) is 1.41. The molecule has 188 valence electrons. The second kappa shape index (κ2) is 15.2. The lowest BCUT2D eigenvalue weighted by atomic mass is 9.93. The van der Waals surface area contributed by atoms with E-state index in [0.29, 0.717) is 19.4 Å². The Bertz CT molecular complexity index is 834. The molecule has 0 unspecified atom stereocenters. The largest absolute Gasteiger partial charge is 0.390 e. The summed E-state index contributed by atoms with van der Waals surface area (Å²) >= 11 is 0. The minimum Gasteiger partial charge on any atom is -0.390 e. The van der Waals surface area contributed by atoms with Gasteiger partial charge in [-0.25, -0.2) is 5.84 Å². The van der Waals surface area contributed by atoms with Gasteiger partial charge in [-0.05, 0) is 37.6 Å². The fraction of sp³-hybridized carbons (Fsp3) is 0.476. The SMILES string of the molecule is CNCCCCNC(=O)C1(NC(=O)CCC(=O)N/C(=N/N)NN)Cc2ccccc2C1.N=CN. The third-order valence-electron chi connectivity index (χ3n) is 5.16. The number of hydrazone groups is 1. The average Bonchev–Trinajstić information content (AvgIpc) is 3.20. The lowest BCUT2D eigenvalue weighted by molar-refractivity contribution is -0.134. The molecule has 1 aromatic carbocycles. The van der Waals surface area contributed by atoms with E-state index >= 15 is 0 Å². The van der Waals surface area contributed by atoms with Crippen molar-refractivity contribution < 1.29 is 14.4 Å². The number of hydrogen-bond acceptors (Lipinski definition) is 8. The van der Waals surface area contributed by atoms with E-state index in [1.807, 2.05) is 31.3 Å². The molecule has 3 amide bonds. The molecule has 0 saturated carbocycles. The second-order valence-electron chi connectivity index (χ2n) is 7.66. The topological polar surface area (TPSA) is 226 Å². The summed E-state index contributed by atoms with van der Waals surface area (Å²) in [5.74, 6) is 9.03. The van der Waals surface area contributed by atoms with Crippen LogP contribution in [0.1, 0.15) is 36.8 Å². The molecule has 0 heterocycles. The number of rotatable bonds is 10. The lowest BCUT2D eigenvalue weighted by Gasteiger charge is -2.29. The molecule has 0 fully saturated rings. The highest BCUT2D eigenvalue weighted by molar-refractivity contribution is 5.98. The summed E-state index contributed by atoms with van der Waals surface area (Å²) in [5.41, 5.74) is 7.51. The third kappa shape index (κ3) is 9.03. The summed E-state index contributed by atoms with van der Waals surface area (Å²) < 4.78 is 0. The van der Waals surface area contributed by atoms with Gasteiger partial charge in [-0.3, -0.25) is 30.5 Å². The molecule has 0 radical (unpaired) electrons. The number of nitrogens with one attached hydrogen (secondary N) is 6. The molecular formula is C21H36N10O3. The van der Waals surface area contributed by atoms with Gasteiger partial charge in [0.25, 0.3) is 0 Å². The third-order valence-corrected chi connectivity index (χ3v) is 5.16. The Morgan fingerprint density at radius 2 is 1.65 bits per heavy atom. The molecule has 2 rings (SSSR count). The van der Waals surface area contributed by atoms with Crippen molar-refractivity contribution in [2.75, 3.05) is 20.1 Å². The number of nitrogens with zero attached hydrogens (tertiary/aromatic N) is 1. The molecule has 12 N–H and O–H groups in total. The van der Waals surface area contributed by atoms with Crippen molar-refractivity contribution in [2.24, 2.45) is 22.5 Å². The van der Waals surface area contributed by atoms with Crippen molar-refractivity contribution in [3.63, 3.8) is 0 Å². The van der Waals surface area contributed by atoms with E-state index < -0.39 is 11.4 Å². The van der Waals surface area contributed by atoms with Crippen molar-refractivity contribution in [3.05, 3.63) is 35.4 Å². The van der Waals surface area contributed by atoms with E-state index in [1.165, 1.54) is 0 Å². The number of guanidine groups is 1. The quantitative estimate of drug-likeness (QED) is 0.0596. The summed E-state index contributed by atoms with van der Waals surface area (Å²) in [4.78, 5) is 37.6. The number of carbonyl (C=O) groups excluding carboxylic acids is 3. The number of carbonyl (C=O) groups is 3. The molecule has 13 nitrogen and oxygen atoms in total. The van der Waals surface area contributed by atoms with Gasteiger partial charge in [0.2, 0.25) is 23.7 Å². The molecule has 0 aromatic heterocycles. The maximum absolute atomic E-state index is 13.1. The predicted octanol–water partition coefficient (Wildman–Crippen LogP) is -2.10. The summed E-state index contributed by atoms with van der Waals surface area (Å²) in [5, 5.41) is 20.4. The van der Waals surface area contributed by atoms with Gasteiger partial charge in [0, 0.05) is 32.2 Å². The van der Waals surface area contributed by atoms with Crippen molar-refractivity contribution in [2.45, 2.75) is 44.1 Å². The molecule has 1 aliphatic rings. The van der Waals surface area contributed by atoms with E-state index in [0.717, 1.165) is 36.9 Å². The smallest absolute Gasteiger partial charge is 0.246 e. The molecule has 0 saturated heterocycles. The number of nitrogens with two attached hydrogens (primary N) is 3. The van der Waals surface area contributed by atoms with Crippen molar-refractivity contribution in [3.8, 4) is 0 Å². The number of amides is 3. The van der Waals surface area contributed by atoms with Gasteiger partial charge in [-0.1, -0.05) is 24.3 Å². The van der Waals surface area contributed by atoms with Crippen LogP contribution in [-0.4, -0.2) is 55.7 Å². The van der Waals surface area contributed by atoms with Gasteiger partial charge in [-0.2, -0.15) is 0 Å². The summed E-state index contributed by atoms with van der Waals surface area (Å²) in [6, 6.07) is 7.76. The van der Waals surface area contributed by atoms with Crippen LogP contribution in [0, 0.1) is 5.41 Å². The first-order valence-electron chi connectivity index (χ1n) is 10.9. The lowest BCUT2D eigenvalue weighted by Crippen LogP contribution is -2.60. The van der Waals surface area contributed by atoms with E-state index in [1.54, 1.807) is 0 Å². The van der Waals surface area contributed by atoms with Crippen LogP contribution >= 0.6 is 0 Å². The molecule has 1 aromatic rings. The number of hydrogen-bond donors (Lipinski definition) is 9. The Morgan fingerprint density at radius 3 is 2.18 bits per heavy atom. The molecule has 0 atom stereocenters. The van der Waals surface area contributed by atoms with Crippen LogP contribution in [0.4, 0.5) is 0 Å². The first-order chi connectivity index (χ1) is 16.3. The molecule has 1 aliphatic carbocycles. The maximum Gasteiger partial charge on any atom is 0.246 e. The van der Waals surface area contributed by atoms with Crippen LogP contribution in [0.15, 0.2) is 29.4 Å². The highest BCUT2D eigenvalue weighted by atomic mass is 16.2. The zero-order valence-electron chi connectivity index (χ0n) is 19.4. The highest BCUT2D eigenvalue weighted by Gasteiger charge is 2.44. The zero-order chi connectivity index (χ0) is 25.4. The van der Waals surface area contributed by atoms with Crippen LogP contribution in [0.2, 0.25) is 0 Å². The molecule has 13 heteroatoms. The van der Waals surface area contributed by atoms with Gasteiger partial charge in [-0.15, -0.1) is 5.10 Å². The van der Waals surface area contributed by atoms with Crippen LogP contribution < -0.4 is 44.1 Å². The van der Waals surface area contributed by atoms with Gasteiger partial charge in [0.1, 0.15) is 5.54 Å². The average molecular weight is 477 g/mol.